The first kappa shape index (κ1) is 29.5. The monoisotopic (exact) mass is 675 g/mol. The van der Waals surface area contributed by atoms with Gasteiger partial charge in [-0.2, -0.15) is 0 Å². The van der Waals surface area contributed by atoms with Gasteiger partial charge < -0.3 is 4.57 Å². The van der Waals surface area contributed by atoms with Gasteiger partial charge in [-0.05, 0) is 63.4 Å². The van der Waals surface area contributed by atoms with Crippen LogP contribution < -0.4 is 0 Å². The minimum absolute atomic E-state index is 0.581. The molecule has 0 amide bonds. The molecule has 1 aliphatic rings. The number of para-hydroxylation sites is 1. The quantitative estimate of drug-likeness (QED) is 0.182. The molecule has 0 bridgehead atoms. The summed E-state index contributed by atoms with van der Waals surface area (Å²) in [5.41, 5.74) is 13.1. The highest BCUT2D eigenvalue weighted by atomic mass is 15.0. The van der Waals surface area contributed by atoms with Gasteiger partial charge in [-0.15, -0.1) is 0 Å². The Kier molecular flexibility index (Phi) is 6.48. The van der Waals surface area contributed by atoms with Crippen molar-refractivity contribution in [2.45, 2.75) is 0 Å². The van der Waals surface area contributed by atoms with E-state index in [-0.39, 0.29) is 0 Å². The van der Waals surface area contributed by atoms with Crippen molar-refractivity contribution in [2.75, 3.05) is 0 Å². The Morgan fingerprint density at radius 3 is 1.55 bits per heavy atom. The molecule has 0 saturated carbocycles. The smallest absolute Gasteiger partial charge is 0.165 e. The summed E-state index contributed by atoms with van der Waals surface area (Å²) < 4.78 is 2.42. The molecule has 10 aromatic rings. The van der Waals surface area contributed by atoms with Crippen LogP contribution >= 0.6 is 0 Å². The van der Waals surface area contributed by atoms with Crippen LogP contribution in [0.25, 0.3) is 106 Å². The van der Waals surface area contributed by atoms with Crippen LogP contribution in [0.15, 0.2) is 176 Å². The lowest BCUT2D eigenvalue weighted by molar-refractivity contribution is 1.07. The zero-order valence-corrected chi connectivity index (χ0v) is 28.5. The van der Waals surface area contributed by atoms with Gasteiger partial charge >= 0.3 is 0 Å². The summed E-state index contributed by atoms with van der Waals surface area (Å²) >= 11 is 0. The molecule has 0 N–H and O–H groups in total. The van der Waals surface area contributed by atoms with Crippen LogP contribution in [0.5, 0.6) is 0 Å². The summed E-state index contributed by atoms with van der Waals surface area (Å²) in [6.45, 7) is 0. The van der Waals surface area contributed by atoms with E-state index in [0.717, 1.165) is 33.6 Å². The number of aromatic nitrogens is 5. The Bertz CT molecular complexity index is 2980. The van der Waals surface area contributed by atoms with Crippen LogP contribution in [-0.4, -0.2) is 24.5 Å². The van der Waals surface area contributed by atoms with E-state index in [2.05, 4.69) is 114 Å². The van der Waals surface area contributed by atoms with Crippen LogP contribution in [-0.2, 0) is 0 Å². The SMILES string of the molecule is c1ccc(-c2nc(-c3ccccc3)nc(-c3ccc(-c4ccccc4-n4c5cccc6c5c5c7c(cccc7ccc54)-c4ccccc4-6)nc3)n2)cc1. The van der Waals surface area contributed by atoms with Crippen LogP contribution in [0.3, 0.4) is 0 Å². The Morgan fingerprint density at radius 1 is 0.340 bits per heavy atom. The summed E-state index contributed by atoms with van der Waals surface area (Å²) in [6.07, 6.45) is 1.88. The molecule has 0 saturated heterocycles. The normalized spacial score (nSPS) is 11.8. The number of benzene rings is 7. The number of hydrogen-bond acceptors (Lipinski definition) is 4. The minimum Gasteiger partial charge on any atom is -0.309 e. The van der Waals surface area contributed by atoms with E-state index in [1.165, 1.54) is 54.8 Å². The van der Waals surface area contributed by atoms with Crippen molar-refractivity contribution >= 4 is 32.6 Å². The lowest BCUT2D eigenvalue weighted by Crippen LogP contribution is -2.01. The van der Waals surface area contributed by atoms with Crippen LogP contribution in [0.1, 0.15) is 0 Å². The van der Waals surface area contributed by atoms with Gasteiger partial charge in [-0.1, -0.05) is 140 Å². The predicted octanol–water partition coefficient (Wildman–Crippen LogP) is 11.8. The summed E-state index contributed by atoms with van der Waals surface area (Å²) in [5.74, 6) is 1.83. The van der Waals surface area contributed by atoms with Crippen LogP contribution in [0.2, 0.25) is 0 Å². The van der Waals surface area contributed by atoms with E-state index in [4.69, 9.17) is 19.9 Å². The topological polar surface area (TPSA) is 56.5 Å². The molecule has 5 nitrogen and oxygen atoms in total. The van der Waals surface area contributed by atoms with Crippen molar-refractivity contribution < 1.29 is 0 Å². The van der Waals surface area contributed by atoms with Gasteiger partial charge in [0.1, 0.15) is 0 Å². The van der Waals surface area contributed by atoms with Crippen molar-refractivity contribution in [1.29, 1.82) is 0 Å². The molecule has 0 aliphatic heterocycles. The van der Waals surface area contributed by atoms with Crippen molar-refractivity contribution in [1.82, 2.24) is 24.5 Å². The molecule has 7 aromatic carbocycles. The molecule has 5 heteroatoms. The van der Waals surface area contributed by atoms with Gasteiger partial charge in [0, 0.05) is 39.2 Å². The van der Waals surface area contributed by atoms with Crippen molar-refractivity contribution in [3.8, 4) is 73.4 Å². The highest BCUT2D eigenvalue weighted by Crippen LogP contribution is 2.50. The number of hydrogen-bond donors (Lipinski definition) is 0. The third-order valence-electron chi connectivity index (χ3n) is 10.4. The van der Waals surface area contributed by atoms with Gasteiger partial charge in [-0.25, -0.2) is 15.0 Å². The summed E-state index contributed by atoms with van der Waals surface area (Å²) in [6, 6.07) is 59.6. The number of pyridine rings is 1. The highest BCUT2D eigenvalue weighted by molar-refractivity contribution is 6.30. The number of fused-ring (bicyclic) bond motifs is 3. The molecule has 53 heavy (non-hydrogen) atoms. The van der Waals surface area contributed by atoms with Crippen LogP contribution in [0.4, 0.5) is 0 Å². The van der Waals surface area contributed by atoms with E-state index in [1.54, 1.807) is 0 Å². The maximum atomic E-state index is 5.07. The molecular weight excluding hydrogens is 647 g/mol. The van der Waals surface area contributed by atoms with E-state index >= 15 is 0 Å². The summed E-state index contributed by atoms with van der Waals surface area (Å²) in [7, 11) is 0. The molecule has 0 atom stereocenters. The number of nitrogens with zero attached hydrogens (tertiary/aromatic N) is 5. The highest BCUT2D eigenvalue weighted by Gasteiger charge is 2.25. The average molecular weight is 676 g/mol. The van der Waals surface area contributed by atoms with Crippen LogP contribution in [0, 0.1) is 0 Å². The Balaban J connectivity index is 1.09. The fourth-order valence-electron chi connectivity index (χ4n) is 8.10. The van der Waals surface area contributed by atoms with E-state index < -0.39 is 0 Å². The maximum Gasteiger partial charge on any atom is 0.165 e. The van der Waals surface area contributed by atoms with E-state index in [9.17, 15) is 0 Å². The van der Waals surface area contributed by atoms with Crippen molar-refractivity contribution in [3.63, 3.8) is 0 Å². The second kappa shape index (κ2) is 11.7. The van der Waals surface area contributed by atoms with Gasteiger partial charge in [-0.3, -0.25) is 4.98 Å². The fourth-order valence-corrected chi connectivity index (χ4v) is 8.10. The second-order valence-corrected chi connectivity index (χ2v) is 13.4. The lowest BCUT2D eigenvalue weighted by Gasteiger charge is -2.16. The molecule has 0 fully saturated rings. The Morgan fingerprint density at radius 2 is 0.887 bits per heavy atom. The van der Waals surface area contributed by atoms with E-state index in [0.29, 0.717) is 17.5 Å². The molecule has 246 valence electrons. The fraction of sp³-hybridized carbons (Fsp3) is 0. The first-order chi connectivity index (χ1) is 26.3. The Labute approximate surface area is 305 Å². The summed E-state index contributed by atoms with van der Waals surface area (Å²) in [4.78, 5) is 19.8. The van der Waals surface area contributed by atoms with Gasteiger partial charge in [0.2, 0.25) is 0 Å². The standard InChI is InChI=1S/C48H29N5/c1-3-13-31(14-4-1)46-50-47(32-15-5-2-6-16-32)52-48(51-46)33-25-27-39(49-29-33)38-20-9-10-23-40(38)53-41-24-12-22-37-35-19-8-7-18-34(35)36-21-11-17-30-26-28-42(53)45(43(30)36)44(37)41/h1-29H. The van der Waals surface area contributed by atoms with Gasteiger partial charge in [0.15, 0.2) is 17.5 Å². The third kappa shape index (κ3) is 4.57. The Hall–Kier alpha value is -7.24. The zero-order chi connectivity index (χ0) is 34.9. The molecule has 0 unspecified atom stereocenters. The van der Waals surface area contributed by atoms with Gasteiger partial charge in [0.05, 0.1) is 22.4 Å². The molecule has 1 aliphatic carbocycles. The van der Waals surface area contributed by atoms with Crippen molar-refractivity contribution in [3.05, 3.63) is 176 Å². The second-order valence-electron chi connectivity index (χ2n) is 13.4. The van der Waals surface area contributed by atoms with Crippen molar-refractivity contribution in [2.24, 2.45) is 0 Å². The first-order valence-corrected chi connectivity index (χ1v) is 17.8. The first-order valence-electron chi connectivity index (χ1n) is 17.8. The molecule has 0 radical (unpaired) electrons. The summed E-state index contributed by atoms with van der Waals surface area (Å²) in [5, 5.41) is 5.11. The van der Waals surface area contributed by atoms with Gasteiger partial charge in [0.25, 0.3) is 0 Å². The molecule has 11 rings (SSSR count). The molecule has 0 spiro atoms. The zero-order valence-electron chi connectivity index (χ0n) is 28.5. The largest absolute Gasteiger partial charge is 0.309 e. The minimum atomic E-state index is 0.581. The number of rotatable bonds is 5. The van der Waals surface area contributed by atoms with E-state index in [1.807, 2.05) is 66.9 Å². The molecule has 3 aromatic heterocycles. The molecule has 3 heterocycles. The predicted molar refractivity (Wildman–Crippen MR) is 216 cm³/mol. The maximum absolute atomic E-state index is 5.07. The lowest BCUT2D eigenvalue weighted by atomic mass is 9.93. The molecular formula is C48H29N5. The average Bonchev–Trinajstić information content (AvgIpc) is 3.52. The third-order valence-corrected chi connectivity index (χ3v) is 10.4.